The molecule has 7 heteroatoms. The standard InChI is InChI=1S/C12H14BrNO4S/c1-2-19(17,18)10-9(12(10,14)11(15)16)7-3-5-8(13)6-4-7/h3-6,9-10H,2,14H2,1H3,(H,15,16)/t9-,10+,12+/m1/s1. The molecule has 0 bridgehead atoms. The third-order valence-corrected chi connectivity index (χ3v) is 6.34. The average molecular weight is 348 g/mol. The topological polar surface area (TPSA) is 97.5 Å². The number of halogens is 1. The van der Waals surface area contributed by atoms with Crippen molar-refractivity contribution >= 4 is 31.7 Å². The molecule has 2 rings (SSSR count). The van der Waals surface area contributed by atoms with Crippen molar-refractivity contribution in [2.24, 2.45) is 5.73 Å². The molecule has 1 fully saturated rings. The van der Waals surface area contributed by atoms with Gasteiger partial charge in [0.15, 0.2) is 9.84 Å². The van der Waals surface area contributed by atoms with Crippen molar-refractivity contribution in [3.05, 3.63) is 34.3 Å². The number of rotatable bonds is 4. The van der Waals surface area contributed by atoms with E-state index in [1.54, 1.807) is 24.3 Å². The third kappa shape index (κ3) is 2.19. The number of hydrogen-bond donors (Lipinski definition) is 2. The van der Waals surface area contributed by atoms with Gasteiger partial charge >= 0.3 is 5.97 Å². The summed E-state index contributed by atoms with van der Waals surface area (Å²) in [6, 6.07) is 6.88. The van der Waals surface area contributed by atoms with Crippen molar-refractivity contribution in [1.29, 1.82) is 0 Å². The fourth-order valence-corrected chi connectivity index (χ4v) is 4.62. The van der Waals surface area contributed by atoms with Crippen LogP contribution in [-0.4, -0.2) is 36.0 Å². The van der Waals surface area contributed by atoms with Crippen LogP contribution in [0.5, 0.6) is 0 Å². The third-order valence-electron chi connectivity index (χ3n) is 3.57. The average Bonchev–Trinajstić information content (AvgIpc) is 2.99. The van der Waals surface area contributed by atoms with Crippen molar-refractivity contribution in [2.45, 2.75) is 23.6 Å². The van der Waals surface area contributed by atoms with Crippen LogP contribution in [-0.2, 0) is 14.6 Å². The molecule has 3 atom stereocenters. The van der Waals surface area contributed by atoms with Gasteiger partial charge in [0.2, 0.25) is 0 Å². The molecule has 0 radical (unpaired) electrons. The predicted octanol–water partition coefficient (Wildman–Crippen LogP) is 1.13. The maximum atomic E-state index is 12.0. The first-order valence-electron chi connectivity index (χ1n) is 5.74. The molecule has 1 aliphatic carbocycles. The van der Waals surface area contributed by atoms with Crippen molar-refractivity contribution in [3.8, 4) is 0 Å². The van der Waals surface area contributed by atoms with E-state index in [1.807, 2.05) is 0 Å². The van der Waals surface area contributed by atoms with Crippen LogP contribution in [0, 0.1) is 0 Å². The molecule has 3 N–H and O–H groups in total. The summed E-state index contributed by atoms with van der Waals surface area (Å²) < 4.78 is 24.8. The molecule has 5 nitrogen and oxygen atoms in total. The fraction of sp³-hybridized carbons (Fsp3) is 0.417. The zero-order valence-electron chi connectivity index (χ0n) is 10.2. The number of carboxylic acid groups (broad SMARTS) is 1. The van der Waals surface area contributed by atoms with Crippen LogP contribution in [0.15, 0.2) is 28.7 Å². The van der Waals surface area contributed by atoms with Gasteiger partial charge in [-0.3, -0.25) is 4.79 Å². The molecule has 1 saturated carbocycles. The van der Waals surface area contributed by atoms with Gasteiger partial charge in [0.05, 0.1) is 5.25 Å². The number of benzene rings is 1. The lowest BCUT2D eigenvalue weighted by atomic mass is 10.1. The predicted molar refractivity (Wildman–Crippen MR) is 74.7 cm³/mol. The van der Waals surface area contributed by atoms with Crippen molar-refractivity contribution in [3.63, 3.8) is 0 Å². The van der Waals surface area contributed by atoms with Crippen LogP contribution >= 0.6 is 15.9 Å². The first-order chi connectivity index (χ1) is 8.75. The monoisotopic (exact) mass is 347 g/mol. The fourth-order valence-electron chi connectivity index (χ4n) is 2.43. The molecule has 1 aromatic rings. The SMILES string of the molecule is CCS(=O)(=O)[C@H]1[C@@H](c2ccc(Br)cc2)[C@@]1(N)C(=O)O. The summed E-state index contributed by atoms with van der Waals surface area (Å²) in [5, 5.41) is 8.18. The lowest BCUT2D eigenvalue weighted by molar-refractivity contribution is -0.139. The lowest BCUT2D eigenvalue weighted by Gasteiger charge is -2.05. The maximum absolute atomic E-state index is 12.0. The number of nitrogens with two attached hydrogens (primary N) is 1. The van der Waals surface area contributed by atoms with Gasteiger partial charge in [-0.1, -0.05) is 35.0 Å². The Morgan fingerprint density at radius 3 is 2.37 bits per heavy atom. The van der Waals surface area contributed by atoms with Gasteiger partial charge in [0.25, 0.3) is 0 Å². The minimum atomic E-state index is -3.50. The molecule has 1 aliphatic rings. The Balaban J connectivity index is 2.45. The molecule has 19 heavy (non-hydrogen) atoms. The van der Waals surface area contributed by atoms with Crippen LogP contribution in [0.1, 0.15) is 18.4 Å². The summed E-state index contributed by atoms with van der Waals surface area (Å²) >= 11 is 3.27. The maximum Gasteiger partial charge on any atom is 0.325 e. The zero-order chi connectivity index (χ0) is 14.4. The molecule has 0 saturated heterocycles. The second kappa shape index (κ2) is 4.57. The molecule has 0 spiro atoms. The molecule has 104 valence electrons. The van der Waals surface area contributed by atoms with Gasteiger partial charge in [-0.05, 0) is 17.7 Å². The molecule has 0 amide bonds. The summed E-state index contributed by atoms with van der Waals surface area (Å²) in [5.41, 5.74) is 4.73. The van der Waals surface area contributed by atoms with Crippen molar-refractivity contribution in [1.82, 2.24) is 0 Å². The molecule has 0 aliphatic heterocycles. The Morgan fingerprint density at radius 2 is 1.95 bits per heavy atom. The Morgan fingerprint density at radius 1 is 1.42 bits per heavy atom. The second-order valence-electron chi connectivity index (χ2n) is 4.64. The minimum Gasteiger partial charge on any atom is -0.480 e. The Labute approximate surface area is 119 Å². The molecular weight excluding hydrogens is 334 g/mol. The Hall–Kier alpha value is -0.920. The van der Waals surface area contributed by atoms with E-state index in [4.69, 9.17) is 5.73 Å². The molecule has 0 unspecified atom stereocenters. The van der Waals surface area contributed by atoms with Crippen LogP contribution in [0.25, 0.3) is 0 Å². The van der Waals surface area contributed by atoms with E-state index in [0.29, 0.717) is 5.56 Å². The number of carbonyl (C=O) groups is 1. The first-order valence-corrected chi connectivity index (χ1v) is 8.25. The highest BCUT2D eigenvalue weighted by molar-refractivity contribution is 9.10. The van der Waals surface area contributed by atoms with E-state index >= 15 is 0 Å². The smallest absolute Gasteiger partial charge is 0.325 e. The largest absolute Gasteiger partial charge is 0.480 e. The second-order valence-corrected chi connectivity index (χ2v) is 7.97. The van der Waals surface area contributed by atoms with Crippen molar-refractivity contribution in [2.75, 3.05) is 5.75 Å². The summed E-state index contributed by atoms with van der Waals surface area (Å²) in [7, 11) is -3.50. The van der Waals surface area contributed by atoms with Crippen LogP contribution in [0.4, 0.5) is 0 Å². The number of aliphatic carboxylic acids is 1. The highest BCUT2D eigenvalue weighted by Gasteiger charge is 2.73. The number of hydrogen-bond acceptors (Lipinski definition) is 4. The Bertz CT molecular complexity index is 613. The minimum absolute atomic E-state index is 0.114. The summed E-state index contributed by atoms with van der Waals surface area (Å²) in [6.45, 7) is 1.49. The lowest BCUT2D eigenvalue weighted by Crippen LogP contribution is -2.40. The van der Waals surface area contributed by atoms with Gasteiger partial charge in [0, 0.05) is 16.1 Å². The normalized spacial score (nSPS) is 30.1. The zero-order valence-corrected chi connectivity index (χ0v) is 12.6. The van der Waals surface area contributed by atoms with E-state index in [-0.39, 0.29) is 5.75 Å². The van der Waals surface area contributed by atoms with E-state index < -0.39 is 32.5 Å². The van der Waals surface area contributed by atoms with Crippen molar-refractivity contribution < 1.29 is 18.3 Å². The molecule has 0 aromatic heterocycles. The molecule has 0 heterocycles. The van der Waals surface area contributed by atoms with Gasteiger partial charge < -0.3 is 10.8 Å². The Kier molecular flexibility index (Phi) is 3.49. The quantitative estimate of drug-likeness (QED) is 0.850. The van der Waals surface area contributed by atoms with E-state index in [1.165, 1.54) is 6.92 Å². The number of sulfone groups is 1. The van der Waals surface area contributed by atoms with Gasteiger partial charge in [-0.25, -0.2) is 8.42 Å². The van der Waals surface area contributed by atoms with Gasteiger partial charge in [-0.2, -0.15) is 0 Å². The highest BCUT2D eigenvalue weighted by Crippen LogP contribution is 2.54. The van der Waals surface area contributed by atoms with Crippen LogP contribution < -0.4 is 5.73 Å². The molecular formula is C12H14BrNO4S. The summed E-state index contributed by atoms with van der Waals surface area (Å²) in [4.78, 5) is 11.3. The van der Waals surface area contributed by atoms with Crippen LogP contribution in [0.2, 0.25) is 0 Å². The highest BCUT2D eigenvalue weighted by atomic mass is 79.9. The first kappa shape index (κ1) is 14.5. The van der Waals surface area contributed by atoms with Gasteiger partial charge in [-0.15, -0.1) is 0 Å². The van der Waals surface area contributed by atoms with E-state index in [9.17, 15) is 18.3 Å². The van der Waals surface area contributed by atoms with Gasteiger partial charge in [0.1, 0.15) is 5.54 Å². The summed E-state index contributed by atoms with van der Waals surface area (Å²) in [5.74, 6) is -2.08. The molecule has 1 aromatic carbocycles. The number of carboxylic acids is 1. The van der Waals surface area contributed by atoms with E-state index in [0.717, 1.165) is 4.47 Å². The van der Waals surface area contributed by atoms with Crippen LogP contribution in [0.3, 0.4) is 0 Å². The summed E-state index contributed by atoms with van der Waals surface area (Å²) in [6.07, 6.45) is 0. The van der Waals surface area contributed by atoms with E-state index in [2.05, 4.69) is 15.9 Å².